The fourth-order valence-electron chi connectivity index (χ4n) is 2.12. The molecule has 1 aliphatic carbocycles. The van der Waals surface area contributed by atoms with E-state index in [1.165, 1.54) is 0 Å². The molecule has 4 heteroatoms. The van der Waals surface area contributed by atoms with Crippen LogP contribution in [0.25, 0.3) is 0 Å². The average molecular weight is 212 g/mol. The van der Waals surface area contributed by atoms with Crippen LogP contribution in [0.1, 0.15) is 39.5 Å². The van der Waals surface area contributed by atoms with E-state index in [2.05, 4.69) is 5.32 Å². The molecule has 1 N–H and O–H groups in total. The lowest BCUT2D eigenvalue weighted by atomic mass is 9.78. The molecule has 1 fully saturated rings. The first kappa shape index (κ1) is 12.0. The molecule has 0 unspecified atom stereocenters. The first-order chi connectivity index (χ1) is 7.02. The number of carbonyl (C=O) groups is 2. The molecular formula is C11H18NO3-. The van der Waals surface area contributed by atoms with E-state index in [1.807, 2.05) is 13.8 Å². The largest absolute Gasteiger partial charge is 0.550 e. The highest BCUT2D eigenvalue weighted by Crippen LogP contribution is 2.29. The molecule has 0 spiro atoms. The molecule has 15 heavy (non-hydrogen) atoms. The lowest BCUT2D eigenvalue weighted by Gasteiger charge is -2.31. The zero-order valence-corrected chi connectivity index (χ0v) is 9.29. The summed E-state index contributed by atoms with van der Waals surface area (Å²) in [6, 6.07) is 0.0573. The molecule has 0 heterocycles. The predicted molar refractivity (Wildman–Crippen MR) is 53.7 cm³/mol. The highest BCUT2D eigenvalue weighted by Gasteiger charge is 2.31. The monoisotopic (exact) mass is 212 g/mol. The first-order valence-corrected chi connectivity index (χ1v) is 5.53. The van der Waals surface area contributed by atoms with Crippen molar-refractivity contribution in [3.8, 4) is 0 Å². The standard InChI is InChI=1S/C11H19NO3/c1-7(2)12-10(13)8-5-3-4-6-9(8)11(14)15/h7-9H,3-6H2,1-2H3,(H,12,13)(H,14,15)/p-1/t8-,9+/m0/s1. The first-order valence-electron chi connectivity index (χ1n) is 5.53. The van der Waals surface area contributed by atoms with E-state index in [9.17, 15) is 14.7 Å². The summed E-state index contributed by atoms with van der Waals surface area (Å²) in [6.45, 7) is 3.74. The van der Waals surface area contributed by atoms with E-state index in [0.29, 0.717) is 12.8 Å². The highest BCUT2D eigenvalue weighted by molar-refractivity contribution is 5.84. The van der Waals surface area contributed by atoms with Gasteiger partial charge >= 0.3 is 0 Å². The third kappa shape index (κ3) is 3.22. The van der Waals surface area contributed by atoms with Crippen molar-refractivity contribution < 1.29 is 14.7 Å². The van der Waals surface area contributed by atoms with Gasteiger partial charge in [-0.25, -0.2) is 0 Å². The van der Waals surface area contributed by atoms with Gasteiger partial charge in [0.1, 0.15) is 0 Å². The normalized spacial score (nSPS) is 26.3. The van der Waals surface area contributed by atoms with Crippen molar-refractivity contribution >= 4 is 11.9 Å². The fourth-order valence-corrected chi connectivity index (χ4v) is 2.12. The van der Waals surface area contributed by atoms with E-state index in [0.717, 1.165) is 12.8 Å². The van der Waals surface area contributed by atoms with Gasteiger partial charge in [-0.1, -0.05) is 12.8 Å². The van der Waals surface area contributed by atoms with Crippen molar-refractivity contribution in [2.24, 2.45) is 11.8 Å². The molecule has 86 valence electrons. The molecule has 1 saturated carbocycles. The number of hydrogen-bond acceptors (Lipinski definition) is 3. The van der Waals surface area contributed by atoms with Gasteiger partial charge in [-0.05, 0) is 26.7 Å². The lowest BCUT2D eigenvalue weighted by molar-refractivity contribution is -0.314. The van der Waals surface area contributed by atoms with E-state index in [1.54, 1.807) is 0 Å². The Kier molecular flexibility index (Phi) is 4.12. The maximum Gasteiger partial charge on any atom is 0.223 e. The highest BCUT2D eigenvalue weighted by atomic mass is 16.4. The minimum atomic E-state index is -1.08. The number of amides is 1. The second-order valence-electron chi connectivity index (χ2n) is 4.48. The van der Waals surface area contributed by atoms with Gasteiger partial charge in [-0.2, -0.15) is 0 Å². The summed E-state index contributed by atoms with van der Waals surface area (Å²) in [5.41, 5.74) is 0. The Labute approximate surface area is 90.0 Å². The molecule has 0 aromatic carbocycles. The third-order valence-corrected chi connectivity index (χ3v) is 2.84. The number of hydrogen-bond donors (Lipinski definition) is 1. The van der Waals surface area contributed by atoms with Crippen molar-refractivity contribution in [2.45, 2.75) is 45.6 Å². The molecule has 0 bridgehead atoms. The Morgan fingerprint density at radius 3 is 2.20 bits per heavy atom. The van der Waals surface area contributed by atoms with Gasteiger partial charge < -0.3 is 15.2 Å². The Bertz CT molecular complexity index is 250. The van der Waals surface area contributed by atoms with Crippen LogP contribution >= 0.6 is 0 Å². The van der Waals surface area contributed by atoms with E-state index >= 15 is 0 Å². The van der Waals surface area contributed by atoms with Gasteiger partial charge in [-0.15, -0.1) is 0 Å². The summed E-state index contributed by atoms with van der Waals surface area (Å²) in [7, 11) is 0. The topological polar surface area (TPSA) is 69.2 Å². The maximum absolute atomic E-state index is 11.7. The number of nitrogens with one attached hydrogen (secondary N) is 1. The second kappa shape index (κ2) is 5.14. The van der Waals surface area contributed by atoms with E-state index in [-0.39, 0.29) is 11.9 Å². The molecule has 4 nitrogen and oxygen atoms in total. The molecule has 0 saturated heterocycles. The van der Waals surface area contributed by atoms with Crippen LogP contribution in [0.15, 0.2) is 0 Å². The van der Waals surface area contributed by atoms with Crippen LogP contribution in [0.5, 0.6) is 0 Å². The summed E-state index contributed by atoms with van der Waals surface area (Å²) >= 11 is 0. The molecule has 0 radical (unpaired) electrons. The number of carboxylic acids is 1. The molecule has 0 aromatic heterocycles. The summed E-state index contributed by atoms with van der Waals surface area (Å²) in [5, 5.41) is 13.6. The van der Waals surface area contributed by atoms with Crippen LogP contribution in [0.3, 0.4) is 0 Å². The summed E-state index contributed by atoms with van der Waals surface area (Å²) < 4.78 is 0. The molecule has 2 atom stereocenters. The third-order valence-electron chi connectivity index (χ3n) is 2.84. The lowest BCUT2D eigenvalue weighted by Crippen LogP contribution is -2.46. The molecule has 0 aliphatic heterocycles. The molecule has 1 amide bonds. The molecule has 1 rings (SSSR count). The second-order valence-corrected chi connectivity index (χ2v) is 4.48. The van der Waals surface area contributed by atoms with Crippen LogP contribution in [0.4, 0.5) is 0 Å². The van der Waals surface area contributed by atoms with Crippen LogP contribution in [-0.2, 0) is 9.59 Å². The quantitative estimate of drug-likeness (QED) is 0.719. The Balaban J connectivity index is 2.63. The zero-order chi connectivity index (χ0) is 11.4. The van der Waals surface area contributed by atoms with E-state index in [4.69, 9.17) is 0 Å². The van der Waals surface area contributed by atoms with Gasteiger partial charge in [-0.3, -0.25) is 4.79 Å². The molecule has 1 aliphatic rings. The summed E-state index contributed by atoms with van der Waals surface area (Å²) in [4.78, 5) is 22.6. The van der Waals surface area contributed by atoms with Gasteiger partial charge in [0.25, 0.3) is 0 Å². The number of aliphatic carboxylic acids is 1. The van der Waals surface area contributed by atoms with Crippen LogP contribution in [0.2, 0.25) is 0 Å². The predicted octanol–water partition coefficient (Wildman–Crippen LogP) is 0.0673. The van der Waals surface area contributed by atoms with Gasteiger partial charge in [0, 0.05) is 23.8 Å². The smallest absolute Gasteiger partial charge is 0.223 e. The molecular weight excluding hydrogens is 194 g/mol. The average Bonchev–Trinajstić information content (AvgIpc) is 2.16. The van der Waals surface area contributed by atoms with Gasteiger partial charge in [0.15, 0.2) is 0 Å². The molecule has 0 aromatic rings. The van der Waals surface area contributed by atoms with Crippen molar-refractivity contribution in [1.82, 2.24) is 5.32 Å². The minimum absolute atomic E-state index is 0.0573. The van der Waals surface area contributed by atoms with Crippen molar-refractivity contribution in [3.63, 3.8) is 0 Å². The number of carboxylic acid groups (broad SMARTS) is 1. The van der Waals surface area contributed by atoms with Gasteiger partial charge in [0.05, 0.1) is 0 Å². The van der Waals surface area contributed by atoms with Crippen LogP contribution in [0, 0.1) is 11.8 Å². The van der Waals surface area contributed by atoms with Crippen LogP contribution < -0.4 is 10.4 Å². The Morgan fingerprint density at radius 1 is 1.20 bits per heavy atom. The Morgan fingerprint density at radius 2 is 1.73 bits per heavy atom. The van der Waals surface area contributed by atoms with E-state index < -0.39 is 17.8 Å². The summed E-state index contributed by atoms with van der Waals surface area (Å²) in [5.74, 6) is -2.22. The van der Waals surface area contributed by atoms with Crippen LogP contribution in [-0.4, -0.2) is 17.9 Å². The maximum atomic E-state index is 11.7. The number of rotatable bonds is 3. The van der Waals surface area contributed by atoms with Crippen molar-refractivity contribution in [2.75, 3.05) is 0 Å². The van der Waals surface area contributed by atoms with Crippen molar-refractivity contribution in [1.29, 1.82) is 0 Å². The fraction of sp³-hybridized carbons (Fsp3) is 0.818. The van der Waals surface area contributed by atoms with Crippen molar-refractivity contribution in [3.05, 3.63) is 0 Å². The van der Waals surface area contributed by atoms with Gasteiger partial charge in [0.2, 0.25) is 5.91 Å². The SMILES string of the molecule is CC(C)NC(=O)[C@H]1CCCC[C@H]1C(=O)[O-]. The Hall–Kier alpha value is -1.06. The minimum Gasteiger partial charge on any atom is -0.550 e. The number of carbonyl (C=O) groups excluding carboxylic acids is 2. The zero-order valence-electron chi connectivity index (χ0n) is 9.29. The summed E-state index contributed by atoms with van der Waals surface area (Å²) in [6.07, 6.45) is 3.04.